The van der Waals surface area contributed by atoms with Crippen LogP contribution in [0.25, 0.3) is 0 Å². The highest BCUT2D eigenvalue weighted by Gasteiger charge is 2.38. The van der Waals surface area contributed by atoms with E-state index in [-0.39, 0.29) is 54.9 Å². The predicted molar refractivity (Wildman–Crippen MR) is 122 cm³/mol. The highest BCUT2D eigenvalue weighted by Crippen LogP contribution is 2.35. The molecule has 11 heteroatoms. The first-order valence-electron chi connectivity index (χ1n) is 11.7. The number of urea groups is 1. The highest BCUT2D eigenvalue weighted by atomic mass is 19.3. The number of fused-ring (bicyclic) bond motifs is 1. The van der Waals surface area contributed by atoms with Gasteiger partial charge in [-0.1, -0.05) is 13.8 Å². The molecule has 0 bridgehead atoms. The number of hydrogen-bond acceptors (Lipinski definition) is 6. The van der Waals surface area contributed by atoms with Gasteiger partial charge in [-0.05, 0) is 38.5 Å². The lowest BCUT2D eigenvalue weighted by Crippen LogP contribution is -2.54. The van der Waals surface area contributed by atoms with Crippen LogP contribution in [0.2, 0.25) is 0 Å². The van der Waals surface area contributed by atoms with Crippen molar-refractivity contribution in [3.05, 3.63) is 5.69 Å². The molecule has 2 aliphatic carbocycles. The van der Waals surface area contributed by atoms with Crippen LogP contribution in [0.15, 0.2) is 0 Å². The molecule has 0 aromatic carbocycles. The molecule has 2 saturated carbocycles. The van der Waals surface area contributed by atoms with E-state index in [9.17, 15) is 18.4 Å². The average Bonchev–Trinajstić information content (AvgIpc) is 2.69. The van der Waals surface area contributed by atoms with Gasteiger partial charge in [0, 0.05) is 38.0 Å². The summed E-state index contributed by atoms with van der Waals surface area (Å²) in [5.41, 5.74) is 1.33. The molecule has 4 N–H and O–H groups in total. The first-order chi connectivity index (χ1) is 15.5. The van der Waals surface area contributed by atoms with Gasteiger partial charge in [-0.3, -0.25) is 4.79 Å². The molecule has 1 aromatic heterocycles. The number of nitrogens with one attached hydrogen (secondary N) is 4. The summed E-state index contributed by atoms with van der Waals surface area (Å²) in [6.45, 7) is 5.84. The maximum absolute atomic E-state index is 13.3. The Bertz CT molecular complexity index is 910. The number of rotatable bonds is 5. The number of alkyl halides is 2. The van der Waals surface area contributed by atoms with Gasteiger partial charge in [-0.15, -0.1) is 0 Å². The van der Waals surface area contributed by atoms with E-state index in [1.807, 2.05) is 32.7 Å². The molecule has 0 spiro atoms. The molecule has 3 amide bonds. The van der Waals surface area contributed by atoms with Crippen molar-refractivity contribution in [2.24, 2.45) is 5.92 Å². The van der Waals surface area contributed by atoms with Crippen molar-refractivity contribution in [2.45, 2.75) is 89.4 Å². The number of carbonyl (C=O) groups excluding carboxylic acids is 2. The summed E-state index contributed by atoms with van der Waals surface area (Å²) in [6, 6.07) is -0.667. The number of likely N-dealkylation sites (N-methyl/N-ethyl adjacent to an activating group) is 1. The molecule has 33 heavy (non-hydrogen) atoms. The fraction of sp³-hybridized carbons (Fsp3) is 0.727. The van der Waals surface area contributed by atoms with Crippen LogP contribution < -0.4 is 26.2 Å². The third-order valence-electron chi connectivity index (χ3n) is 6.83. The summed E-state index contributed by atoms with van der Waals surface area (Å²) in [5, 5.41) is 12.0. The third kappa shape index (κ3) is 5.11. The second kappa shape index (κ2) is 8.90. The summed E-state index contributed by atoms with van der Waals surface area (Å²) in [5.74, 6) is -1.35. The van der Waals surface area contributed by atoms with Crippen molar-refractivity contribution >= 4 is 29.4 Å². The fourth-order valence-corrected chi connectivity index (χ4v) is 4.91. The molecule has 9 nitrogen and oxygen atoms in total. The SMILES string of the molecule is Cc1nc(NC2CC(NC(=O)NC3CCC(F)(F)CC3)C2)nc2c1NC(=O)[C@H](C(C)C)N2C. The number of halogens is 2. The van der Waals surface area contributed by atoms with E-state index < -0.39 is 5.92 Å². The van der Waals surface area contributed by atoms with Crippen LogP contribution in [-0.4, -0.2) is 59.0 Å². The molecule has 2 heterocycles. The maximum atomic E-state index is 13.3. The number of anilines is 3. The zero-order chi connectivity index (χ0) is 23.9. The molecular formula is C22H33F2N7O2. The van der Waals surface area contributed by atoms with Gasteiger partial charge in [0.2, 0.25) is 17.8 Å². The van der Waals surface area contributed by atoms with Gasteiger partial charge in [0.1, 0.15) is 11.7 Å². The van der Waals surface area contributed by atoms with E-state index in [0.717, 1.165) is 12.8 Å². The Kier molecular flexibility index (Phi) is 6.32. The first kappa shape index (κ1) is 23.4. The lowest BCUT2D eigenvalue weighted by atomic mass is 9.87. The Labute approximate surface area is 192 Å². The zero-order valence-corrected chi connectivity index (χ0v) is 19.5. The topological polar surface area (TPSA) is 111 Å². The number of hydrogen-bond donors (Lipinski definition) is 4. The molecule has 1 aliphatic heterocycles. The molecule has 4 rings (SSSR count). The monoisotopic (exact) mass is 465 g/mol. The number of nitrogens with zero attached hydrogens (tertiary/aromatic N) is 3. The summed E-state index contributed by atoms with van der Waals surface area (Å²) < 4.78 is 26.5. The molecular weight excluding hydrogens is 432 g/mol. The van der Waals surface area contributed by atoms with Gasteiger partial charge in [-0.25, -0.2) is 18.6 Å². The van der Waals surface area contributed by atoms with Crippen molar-refractivity contribution in [3.63, 3.8) is 0 Å². The molecule has 2 fully saturated rings. The second-order valence-electron chi connectivity index (χ2n) is 9.88. The van der Waals surface area contributed by atoms with Gasteiger partial charge in [0.15, 0.2) is 5.82 Å². The average molecular weight is 466 g/mol. The van der Waals surface area contributed by atoms with E-state index in [2.05, 4.69) is 31.2 Å². The second-order valence-corrected chi connectivity index (χ2v) is 9.88. The number of amides is 3. The third-order valence-corrected chi connectivity index (χ3v) is 6.83. The van der Waals surface area contributed by atoms with Crippen LogP contribution in [0.5, 0.6) is 0 Å². The summed E-state index contributed by atoms with van der Waals surface area (Å²) in [7, 11) is 1.87. The smallest absolute Gasteiger partial charge is 0.315 e. The van der Waals surface area contributed by atoms with Crippen LogP contribution in [0.4, 0.5) is 31.0 Å². The number of aryl methyl sites for hydroxylation is 1. The lowest BCUT2D eigenvalue weighted by Gasteiger charge is -2.38. The molecule has 3 aliphatic rings. The lowest BCUT2D eigenvalue weighted by molar-refractivity contribution is -0.118. The Hall–Kier alpha value is -2.72. The van der Waals surface area contributed by atoms with Crippen molar-refractivity contribution in [3.8, 4) is 0 Å². The van der Waals surface area contributed by atoms with Crippen LogP contribution in [0.3, 0.4) is 0 Å². The molecule has 1 atom stereocenters. The largest absolute Gasteiger partial charge is 0.351 e. The maximum Gasteiger partial charge on any atom is 0.315 e. The standard InChI is InChI=1S/C22H33F2N7O2/c1-11(2)17-19(32)29-16-12(3)25-20(30-18(16)31(17)4)26-14-9-15(10-14)28-21(33)27-13-5-7-22(23,24)8-6-13/h11,13-15,17H,5-10H2,1-4H3,(H,29,32)(H,25,26,30)(H2,27,28,33)/t14?,15?,17-/m0/s1. The summed E-state index contributed by atoms with van der Waals surface area (Å²) >= 11 is 0. The van der Waals surface area contributed by atoms with E-state index in [0.29, 0.717) is 36.0 Å². The minimum Gasteiger partial charge on any atom is -0.351 e. The minimum atomic E-state index is -2.60. The zero-order valence-electron chi connectivity index (χ0n) is 19.5. The molecule has 1 aromatic rings. The van der Waals surface area contributed by atoms with Crippen molar-refractivity contribution in [1.29, 1.82) is 0 Å². The number of aromatic nitrogens is 2. The van der Waals surface area contributed by atoms with Crippen LogP contribution in [0, 0.1) is 12.8 Å². The Morgan fingerprint density at radius 3 is 2.39 bits per heavy atom. The number of carbonyl (C=O) groups is 2. The van der Waals surface area contributed by atoms with Gasteiger partial charge >= 0.3 is 6.03 Å². The Balaban J connectivity index is 1.28. The van der Waals surface area contributed by atoms with Crippen LogP contribution in [-0.2, 0) is 4.79 Å². The molecule has 0 saturated heterocycles. The van der Waals surface area contributed by atoms with Gasteiger partial charge in [0.25, 0.3) is 0 Å². The Morgan fingerprint density at radius 1 is 1.12 bits per heavy atom. The van der Waals surface area contributed by atoms with Gasteiger partial charge in [-0.2, -0.15) is 4.98 Å². The van der Waals surface area contributed by atoms with E-state index in [4.69, 9.17) is 0 Å². The molecule has 182 valence electrons. The van der Waals surface area contributed by atoms with Crippen LogP contribution in [0.1, 0.15) is 58.1 Å². The molecule has 0 radical (unpaired) electrons. The quantitative estimate of drug-likeness (QED) is 0.532. The first-order valence-corrected chi connectivity index (χ1v) is 11.7. The van der Waals surface area contributed by atoms with Gasteiger partial charge in [0.05, 0.1) is 5.69 Å². The van der Waals surface area contributed by atoms with Crippen LogP contribution >= 0.6 is 0 Å². The summed E-state index contributed by atoms with van der Waals surface area (Å²) in [4.78, 5) is 35.7. The highest BCUT2D eigenvalue weighted by molar-refractivity contribution is 6.03. The normalized spacial score (nSPS) is 26.8. The van der Waals surface area contributed by atoms with Crippen molar-refractivity contribution < 1.29 is 18.4 Å². The van der Waals surface area contributed by atoms with E-state index >= 15 is 0 Å². The van der Waals surface area contributed by atoms with Crippen molar-refractivity contribution in [2.75, 3.05) is 22.6 Å². The van der Waals surface area contributed by atoms with Crippen molar-refractivity contribution in [1.82, 2.24) is 20.6 Å². The Morgan fingerprint density at radius 2 is 1.76 bits per heavy atom. The minimum absolute atomic E-state index is 0.0125. The van der Waals surface area contributed by atoms with E-state index in [1.54, 1.807) is 0 Å². The summed E-state index contributed by atoms with van der Waals surface area (Å²) in [6.07, 6.45) is 1.69. The van der Waals surface area contributed by atoms with Gasteiger partial charge < -0.3 is 26.2 Å². The molecule has 0 unspecified atom stereocenters. The van der Waals surface area contributed by atoms with E-state index in [1.165, 1.54) is 0 Å². The predicted octanol–water partition coefficient (Wildman–Crippen LogP) is 3.02. The fourth-order valence-electron chi connectivity index (χ4n) is 4.91.